The Hall–Kier alpha value is -1.86. The van der Waals surface area contributed by atoms with E-state index >= 15 is 0 Å². The van der Waals surface area contributed by atoms with Gasteiger partial charge in [0, 0.05) is 17.6 Å². The first-order valence-electron chi connectivity index (χ1n) is 5.32. The number of H-pyrrole nitrogens is 1. The number of benzene rings is 1. The number of aromatic amines is 1. The van der Waals surface area contributed by atoms with Crippen molar-refractivity contribution >= 4 is 15.7 Å². The number of nitrogens with two attached hydrogens (primary N) is 1. The zero-order chi connectivity index (χ0) is 13.2. The van der Waals surface area contributed by atoms with Gasteiger partial charge < -0.3 is 10.7 Å². The molecule has 18 heavy (non-hydrogen) atoms. The normalized spacial score (nSPS) is 11.6. The molecule has 0 fully saturated rings. The third kappa shape index (κ3) is 2.69. The summed E-state index contributed by atoms with van der Waals surface area (Å²) < 4.78 is 26.5. The van der Waals surface area contributed by atoms with Gasteiger partial charge in [-0.05, 0) is 30.7 Å². The van der Waals surface area contributed by atoms with Crippen LogP contribution in [-0.4, -0.2) is 18.4 Å². The van der Waals surface area contributed by atoms with Crippen molar-refractivity contribution in [3.8, 4) is 0 Å². The third-order valence-electron chi connectivity index (χ3n) is 2.56. The Labute approximate surface area is 105 Å². The van der Waals surface area contributed by atoms with Crippen LogP contribution in [0.5, 0.6) is 0 Å². The van der Waals surface area contributed by atoms with Crippen LogP contribution >= 0.6 is 0 Å². The van der Waals surface area contributed by atoms with E-state index in [9.17, 15) is 8.42 Å². The van der Waals surface area contributed by atoms with Gasteiger partial charge in [-0.25, -0.2) is 18.1 Å². The smallest absolute Gasteiger partial charge is 0.240 e. The molecule has 2 rings (SSSR count). The molecule has 1 heterocycles. The van der Waals surface area contributed by atoms with Crippen LogP contribution in [0.15, 0.2) is 35.6 Å². The minimum Gasteiger partial charge on any atom is -0.399 e. The summed E-state index contributed by atoms with van der Waals surface area (Å²) in [7, 11) is -3.53. The zero-order valence-electron chi connectivity index (χ0n) is 9.84. The number of imidazole rings is 1. The standard InChI is InChI=1S/C11H14N4O2S/c1-8-4-10(2-3-11(8)12)18(16,17)15-6-9-5-13-7-14-9/h2-5,7,15H,6,12H2,1H3,(H,13,14). The number of aromatic nitrogens is 2. The molecule has 0 bridgehead atoms. The lowest BCUT2D eigenvalue weighted by Crippen LogP contribution is -2.23. The fourth-order valence-corrected chi connectivity index (χ4v) is 2.54. The number of sulfonamides is 1. The number of hydrogen-bond donors (Lipinski definition) is 3. The molecule has 4 N–H and O–H groups in total. The summed E-state index contributed by atoms with van der Waals surface area (Å²) in [5, 5.41) is 0. The molecule has 2 aromatic rings. The van der Waals surface area contributed by atoms with Crippen molar-refractivity contribution in [2.24, 2.45) is 0 Å². The summed E-state index contributed by atoms with van der Waals surface area (Å²) in [5.74, 6) is 0. The van der Waals surface area contributed by atoms with Gasteiger partial charge in [0.05, 0.1) is 17.8 Å². The average molecular weight is 266 g/mol. The van der Waals surface area contributed by atoms with Crippen molar-refractivity contribution in [3.63, 3.8) is 0 Å². The molecule has 6 nitrogen and oxygen atoms in total. The van der Waals surface area contributed by atoms with Gasteiger partial charge in [-0.1, -0.05) is 0 Å². The molecule has 0 radical (unpaired) electrons. The largest absolute Gasteiger partial charge is 0.399 e. The quantitative estimate of drug-likeness (QED) is 0.712. The molecule has 96 valence electrons. The number of rotatable bonds is 4. The molecular formula is C11H14N4O2S. The number of nitrogen functional groups attached to an aromatic ring is 1. The van der Waals surface area contributed by atoms with Gasteiger partial charge in [0.1, 0.15) is 0 Å². The maximum Gasteiger partial charge on any atom is 0.240 e. The van der Waals surface area contributed by atoms with Gasteiger partial charge in [-0.3, -0.25) is 0 Å². The second-order valence-electron chi connectivity index (χ2n) is 3.92. The number of nitrogens with zero attached hydrogens (tertiary/aromatic N) is 1. The van der Waals surface area contributed by atoms with Crippen LogP contribution in [0, 0.1) is 6.92 Å². The van der Waals surface area contributed by atoms with Crippen LogP contribution in [0.1, 0.15) is 11.3 Å². The lowest BCUT2D eigenvalue weighted by Gasteiger charge is -2.07. The van der Waals surface area contributed by atoms with E-state index < -0.39 is 10.0 Å². The summed E-state index contributed by atoms with van der Waals surface area (Å²) in [6, 6.07) is 4.61. The molecular weight excluding hydrogens is 252 g/mol. The molecule has 0 aliphatic rings. The van der Waals surface area contributed by atoms with E-state index in [1.54, 1.807) is 25.3 Å². The highest BCUT2D eigenvalue weighted by Gasteiger charge is 2.14. The van der Waals surface area contributed by atoms with Crippen molar-refractivity contribution in [3.05, 3.63) is 42.0 Å². The molecule has 0 atom stereocenters. The van der Waals surface area contributed by atoms with E-state index in [-0.39, 0.29) is 11.4 Å². The van der Waals surface area contributed by atoms with Crippen molar-refractivity contribution in [1.29, 1.82) is 0 Å². The van der Waals surface area contributed by atoms with E-state index in [4.69, 9.17) is 5.73 Å². The van der Waals surface area contributed by atoms with Crippen molar-refractivity contribution < 1.29 is 8.42 Å². The maximum absolute atomic E-state index is 12.0. The van der Waals surface area contributed by atoms with Gasteiger partial charge >= 0.3 is 0 Å². The second kappa shape index (κ2) is 4.79. The Kier molecular flexibility index (Phi) is 3.35. The molecule has 0 aliphatic carbocycles. The van der Waals surface area contributed by atoms with E-state index in [2.05, 4.69) is 14.7 Å². The predicted octanol–water partition coefficient (Wildman–Crippen LogP) is 0.779. The summed E-state index contributed by atoms with van der Waals surface area (Å²) in [5.41, 5.74) is 7.66. The Bertz CT molecular complexity index is 635. The first kappa shape index (κ1) is 12.6. The molecule has 0 saturated heterocycles. The molecule has 1 aromatic heterocycles. The lowest BCUT2D eigenvalue weighted by atomic mass is 10.2. The highest BCUT2D eigenvalue weighted by atomic mass is 32.2. The van der Waals surface area contributed by atoms with Crippen LogP contribution < -0.4 is 10.5 Å². The van der Waals surface area contributed by atoms with Crippen LogP contribution in [0.25, 0.3) is 0 Å². The van der Waals surface area contributed by atoms with Crippen molar-refractivity contribution in [1.82, 2.24) is 14.7 Å². The second-order valence-corrected chi connectivity index (χ2v) is 5.69. The Balaban J connectivity index is 2.17. The maximum atomic E-state index is 12.0. The zero-order valence-corrected chi connectivity index (χ0v) is 10.7. The molecule has 7 heteroatoms. The summed E-state index contributed by atoms with van der Waals surface area (Å²) in [6.07, 6.45) is 3.06. The van der Waals surface area contributed by atoms with E-state index in [0.717, 1.165) is 5.56 Å². The van der Waals surface area contributed by atoms with Gasteiger partial charge in [-0.2, -0.15) is 0 Å². The summed E-state index contributed by atoms with van der Waals surface area (Å²) in [6.45, 7) is 1.94. The molecule has 0 amide bonds. The van der Waals surface area contributed by atoms with Crippen LogP contribution in [-0.2, 0) is 16.6 Å². The average Bonchev–Trinajstić information content (AvgIpc) is 2.83. The molecule has 0 spiro atoms. The summed E-state index contributed by atoms with van der Waals surface area (Å²) in [4.78, 5) is 6.84. The SMILES string of the molecule is Cc1cc(S(=O)(=O)NCc2cnc[nH]2)ccc1N. The van der Waals surface area contributed by atoms with Crippen LogP contribution in [0.3, 0.4) is 0 Å². The number of anilines is 1. The monoisotopic (exact) mass is 266 g/mol. The number of aryl methyl sites for hydroxylation is 1. The van der Waals surface area contributed by atoms with E-state index in [1.165, 1.54) is 12.4 Å². The Morgan fingerprint density at radius 1 is 1.44 bits per heavy atom. The molecule has 0 aliphatic heterocycles. The van der Waals surface area contributed by atoms with E-state index in [0.29, 0.717) is 11.4 Å². The minimum atomic E-state index is -3.53. The summed E-state index contributed by atoms with van der Waals surface area (Å²) >= 11 is 0. The van der Waals surface area contributed by atoms with Crippen molar-refractivity contribution in [2.75, 3.05) is 5.73 Å². The molecule has 0 saturated carbocycles. The van der Waals surface area contributed by atoms with Crippen LogP contribution in [0.4, 0.5) is 5.69 Å². The fraction of sp³-hybridized carbons (Fsp3) is 0.182. The van der Waals surface area contributed by atoms with E-state index in [1.807, 2.05) is 0 Å². The third-order valence-corrected chi connectivity index (χ3v) is 3.96. The number of hydrogen-bond acceptors (Lipinski definition) is 4. The first-order chi connectivity index (χ1) is 8.49. The van der Waals surface area contributed by atoms with Crippen molar-refractivity contribution in [2.45, 2.75) is 18.4 Å². The van der Waals surface area contributed by atoms with Crippen LogP contribution in [0.2, 0.25) is 0 Å². The lowest BCUT2D eigenvalue weighted by molar-refractivity contribution is 0.580. The first-order valence-corrected chi connectivity index (χ1v) is 6.80. The minimum absolute atomic E-state index is 0.172. The molecule has 0 unspecified atom stereocenters. The highest BCUT2D eigenvalue weighted by molar-refractivity contribution is 7.89. The Morgan fingerprint density at radius 3 is 2.83 bits per heavy atom. The van der Waals surface area contributed by atoms with Gasteiger partial charge in [-0.15, -0.1) is 0 Å². The number of nitrogens with one attached hydrogen (secondary N) is 2. The van der Waals surface area contributed by atoms with Gasteiger partial charge in [0.2, 0.25) is 10.0 Å². The van der Waals surface area contributed by atoms with Gasteiger partial charge in [0.25, 0.3) is 0 Å². The van der Waals surface area contributed by atoms with Gasteiger partial charge in [0.15, 0.2) is 0 Å². The fourth-order valence-electron chi connectivity index (χ4n) is 1.45. The molecule has 1 aromatic carbocycles. The Morgan fingerprint density at radius 2 is 2.22 bits per heavy atom. The highest BCUT2D eigenvalue weighted by Crippen LogP contribution is 2.16. The predicted molar refractivity (Wildman–Crippen MR) is 68.2 cm³/mol. The topological polar surface area (TPSA) is 101 Å².